The molecule has 0 radical (unpaired) electrons. The minimum absolute atomic E-state index is 0.156. The van der Waals surface area contributed by atoms with Crippen LogP contribution in [0.1, 0.15) is 19.8 Å². The maximum atomic E-state index is 11.7. The van der Waals surface area contributed by atoms with Crippen molar-refractivity contribution in [2.45, 2.75) is 24.7 Å². The topological polar surface area (TPSA) is 92.2 Å². The number of hydrogen-bond acceptors (Lipinski definition) is 6. The summed E-state index contributed by atoms with van der Waals surface area (Å²) in [4.78, 5) is 8.63. The zero-order valence-electron chi connectivity index (χ0n) is 12.8. The summed E-state index contributed by atoms with van der Waals surface area (Å²) in [6.45, 7) is 2.90. The average molecular weight is 323 g/mol. The molecule has 1 atom stereocenters. The Morgan fingerprint density at radius 3 is 2.73 bits per heavy atom. The molecule has 6 nitrogen and oxygen atoms in total. The number of aromatic nitrogens is 2. The van der Waals surface area contributed by atoms with Gasteiger partial charge in [-0.05, 0) is 30.5 Å². The molecule has 0 spiro atoms. The molecule has 0 aliphatic rings. The van der Waals surface area contributed by atoms with Gasteiger partial charge in [0.05, 0.1) is 10.4 Å². The number of anilines is 1. The molecule has 2 aromatic rings. The molecule has 2 N–H and O–H groups in total. The fourth-order valence-corrected chi connectivity index (χ4v) is 2.93. The Labute approximate surface area is 130 Å². The Morgan fingerprint density at radius 2 is 2.09 bits per heavy atom. The summed E-state index contributed by atoms with van der Waals surface area (Å²) < 4.78 is 23.4. The van der Waals surface area contributed by atoms with Crippen LogP contribution in [0.15, 0.2) is 29.4 Å². The van der Waals surface area contributed by atoms with E-state index >= 15 is 0 Å². The zero-order chi connectivity index (χ0) is 16.2. The van der Waals surface area contributed by atoms with E-state index in [1.54, 1.807) is 18.2 Å². The van der Waals surface area contributed by atoms with Crippen molar-refractivity contribution < 1.29 is 13.5 Å². The van der Waals surface area contributed by atoms with Crippen LogP contribution in [0.3, 0.4) is 0 Å². The van der Waals surface area contributed by atoms with Crippen molar-refractivity contribution in [3.63, 3.8) is 0 Å². The number of nitrogens with zero attached hydrogens (tertiary/aromatic N) is 2. The van der Waals surface area contributed by atoms with Crippen molar-refractivity contribution in [1.29, 1.82) is 0 Å². The number of rotatable bonds is 7. The number of benzene rings is 1. The van der Waals surface area contributed by atoms with Crippen LogP contribution < -0.4 is 5.32 Å². The summed E-state index contributed by atoms with van der Waals surface area (Å²) in [6.07, 6.45) is 4.31. The first-order valence-corrected chi connectivity index (χ1v) is 9.14. The third-order valence-corrected chi connectivity index (χ3v) is 4.82. The maximum absolute atomic E-state index is 11.7. The van der Waals surface area contributed by atoms with E-state index in [0.717, 1.165) is 12.8 Å². The lowest BCUT2D eigenvalue weighted by molar-refractivity contribution is 0.258. The summed E-state index contributed by atoms with van der Waals surface area (Å²) in [6, 6.07) is 4.83. The van der Waals surface area contributed by atoms with Crippen LogP contribution in [0, 0.1) is 5.92 Å². The minimum atomic E-state index is -3.27. The largest absolute Gasteiger partial charge is 0.396 e. The van der Waals surface area contributed by atoms with E-state index in [9.17, 15) is 8.42 Å². The fourth-order valence-electron chi connectivity index (χ4n) is 2.28. The highest BCUT2D eigenvalue weighted by atomic mass is 32.2. The molecule has 2 rings (SSSR count). The van der Waals surface area contributed by atoms with E-state index in [2.05, 4.69) is 22.2 Å². The highest BCUT2D eigenvalue weighted by Gasteiger charge is 2.12. The molecule has 120 valence electrons. The minimum Gasteiger partial charge on any atom is -0.396 e. The Morgan fingerprint density at radius 1 is 1.32 bits per heavy atom. The molecule has 7 heteroatoms. The van der Waals surface area contributed by atoms with Gasteiger partial charge in [0, 0.05) is 24.8 Å². The molecule has 1 aromatic carbocycles. The lowest BCUT2D eigenvalue weighted by atomic mass is 10.0. The van der Waals surface area contributed by atoms with Crippen LogP contribution in [0.5, 0.6) is 0 Å². The SMILES string of the molecule is CC[C@H](CCO)CNc1ncnc2ccc(S(C)(=O)=O)cc12. The Balaban J connectivity index is 2.33. The Kier molecular flexibility index (Phi) is 5.31. The van der Waals surface area contributed by atoms with Crippen molar-refractivity contribution in [3.05, 3.63) is 24.5 Å². The number of nitrogens with one attached hydrogen (secondary N) is 1. The lowest BCUT2D eigenvalue weighted by Gasteiger charge is -2.15. The van der Waals surface area contributed by atoms with Crippen molar-refractivity contribution in [3.8, 4) is 0 Å². The molecule has 0 fully saturated rings. The number of hydrogen-bond donors (Lipinski definition) is 2. The molecular weight excluding hydrogens is 302 g/mol. The average Bonchev–Trinajstić information content (AvgIpc) is 2.50. The molecule has 0 bridgehead atoms. The van der Waals surface area contributed by atoms with Crippen LogP contribution in [0.25, 0.3) is 10.9 Å². The Hall–Kier alpha value is -1.73. The summed E-state index contributed by atoms with van der Waals surface area (Å²) >= 11 is 0. The highest BCUT2D eigenvalue weighted by molar-refractivity contribution is 7.90. The molecule has 22 heavy (non-hydrogen) atoms. The second kappa shape index (κ2) is 7.02. The predicted molar refractivity (Wildman–Crippen MR) is 86.6 cm³/mol. The second-order valence-corrected chi connectivity index (χ2v) is 7.36. The van der Waals surface area contributed by atoms with E-state index in [4.69, 9.17) is 5.11 Å². The molecule has 0 aliphatic carbocycles. The van der Waals surface area contributed by atoms with Gasteiger partial charge in [0.25, 0.3) is 0 Å². The van der Waals surface area contributed by atoms with E-state index in [0.29, 0.717) is 29.2 Å². The van der Waals surface area contributed by atoms with Crippen LogP contribution in [0.4, 0.5) is 5.82 Å². The molecule has 0 unspecified atom stereocenters. The van der Waals surface area contributed by atoms with Crippen molar-refractivity contribution in [1.82, 2.24) is 9.97 Å². The van der Waals surface area contributed by atoms with Gasteiger partial charge < -0.3 is 10.4 Å². The normalized spacial score (nSPS) is 13.2. The molecule has 0 saturated heterocycles. The molecule has 1 heterocycles. The third-order valence-electron chi connectivity index (χ3n) is 3.71. The standard InChI is InChI=1S/C15H21N3O3S/c1-3-11(6-7-19)9-16-15-13-8-12(22(2,20)21)4-5-14(13)17-10-18-15/h4-5,8,10-11,19H,3,6-7,9H2,1-2H3,(H,16,17,18)/t11-/m1/s1. The van der Waals surface area contributed by atoms with Gasteiger partial charge in [-0.25, -0.2) is 18.4 Å². The van der Waals surface area contributed by atoms with Crippen molar-refractivity contribution in [2.24, 2.45) is 5.92 Å². The van der Waals surface area contributed by atoms with Gasteiger partial charge in [0.1, 0.15) is 12.1 Å². The third kappa shape index (κ3) is 3.92. The van der Waals surface area contributed by atoms with E-state index in [1.807, 2.05) is 0 Å². The van der Waals surface area contributed by atoms with Gasteiger partial charge in [0.15, 0.2) is 9.84 Å². The summed E-state index contributed by atoms with van der Waals surface area (Å²) in [7, 11) is -3.27. The molecule has 0 amide bonds. The van der Waals surface area contributed by atoms with Crippen LogP contribution in [-0.4, -0.2) is 42.9 Å². The number of aliphatic hydroxyl groups is 1. The zero-order valence-corrected chi connectivity index (χ0v) is 13.6. The fraction of sp³-hybridized carbons (Fsp3) is 0.467. The van der Waals surface area contributed by atoms with Gasteiger partial charge in [-0.2, -0.15) is 0 Å². The van der Waals surface area contributed by atoms with E-state index < -0.39 is 9.84 Å². The lowest BCUT2D eigenvalue weighted by Crippen LogP contribution is -2.16. The smallest absolute Gasteiger partial charge is 0.175 e. The Bertz CT molecular complexity index is 747. The molecule has 0 aliphatic heterocycles. The summed E-state index contributed by atoms with van der Waals surface area (Å²) in [5.41, 5.74) is 0.695. The van der Waals surface area contributed by atoms with Gasteiger partial charge in [-0.1, -0.05) is 13.3 Å². The van der Waals surface area contributed by atoms with Crippen molar-refractivity contribution in [2.75, 3.05) is 24.7 Å². The molecular formula is C15H21N3O3S. The highest BCUT2D eigenvalue weighted by Crippen LogP contribution is 2.23. The van der Waals surface area contributed by atoms with E-state index in [1.165, 1.54) is 12.6 Å². The molecule has 0 saturated carbocycles. The van der Waals surface area contributed by atoms with Crippen LogP contribution >= 0.6 is 0 Å². The molecule has 1 aromatic heterocycles. The van der Waals surface area contributed by atoms with Gasteiger partial charge in [-0.15, -0.1) is 0 Å². The second-order valence-electron chi connectivity index (χ2n) is 5.34. The maximum Gasteiger partial charge on any atom is 0.175 e. The number of sulfone groups is 1. The number of aliphatic hydroxyl groups excluding tert-OH is 1. The first-order chi connectivity index (χ1) is 10.5. The summed E-state index contributed by atoms with van der Waals surface area (Å²) in [5.74, 6) is 0.958. The van der Waals surface area contributed by atoms with Crippen molar-refractivity contribution >= 4 is 26.6 Å². The van der Waals surface area contributed by atoms with E-state index in [-0.39, 0.29) is 11.5 Å². The van der Waals surface area contributed by atoms with Crippen LogP contribution in [0.2, 0.25) is 0 Å². The van der Waals surface area contributed by atoms with Crippen LogP contribution in [-0.2, 0) is 9.84 Å². The van der Waals surface area contributed by atoms with Gasteiger partial charge in [0.2, 0.25) is 0 Å². The monoisotopic (exact) mass is 323 g/mol. The quantitative estimate of drug-likeness (QED) is 0.808. The first-order valence-electron chi connectivity index (χ1n) is 7.25. The first kappa shape index (κ1) is 16.6. The van der Waals surface area contributed by atoms with Gasteiger partial charge >= 0.3 is 0 Å². The summed E-state index contributed by atoms with van der Waals surface area (Å²) in [5, 5.41) is 13.0. The number of fused-ring (bicyclic) bond motifs is 1. The predicted octanol–water partition coefficient (Wildman–Crippen LogP) is 1.85. The van der Waals surface area contributed by atoms with Gasteiger partial charge in [-0.3, -0.25) is 0 Å².